The zero-order valence-corrected chi connectivity index (χ0v) is 30.9. The number of aromatic nitrogens is 3. The van der Waals surface area contributed by atoms with Gasteiger partial charge in [0.05, 0.1) is 32.5 Å². The summed E-state index contributed by atoms with van der Waals surface area (Å²) in [7, 11) is 5.02. The van der Waals surface area contributed by atoms with Crippen molar-refractivity contribution in [2.24, 2.45) is 7.05 Å². The van der Waals surface area contributed by atoms with E-state index in [0.29, 0.717) is 62.0 Å². The number of H-pyrrole nitrogens is 1. The van der Waals surface area contributed by atoms with Gasteiger partial charge in [-0.15, -0.1) is 0 Å². The highest BCUT2D eigenvalue weighted by atomic mass is 16.5. The average Bonchev–Trinajstić information content (AvgIpc) is 3.66. The Balaban J connectivity index is 0.910. The lowest BCUT2D eigenvalue weighted by Crippen LogP contribution is -2.51. The summed E-state index contributed by atoms with van der Waals surface area (Å²) in [5, 5.41) is 13.3. The van der Waals surface area contributed by atoms with E-state index in [1.807, 2.05) is 23.1 Å². The quantitative estimate of drug-likeness (QED) is 0.208. The van der Waals surface area contributed by atoms with Gasteiger partial charge < -0.3 is 24.3 Å². The van der Waals surface area contributed by atoms with Crippen LogP contribution in [0.3, 0.4) is 0 Å². The molecule has 0 saturated carbocycles. The summed E-state index contributed by atoms with van der Waals surface area (Å²) in [5.74, 6) is 1.50. The fourth-order valence-electron chi connectivity index (χ4n) is 8.01. The number of anilines is 1. The molecule has 7 rings (SSSR count). The number of amides is 3. The molecule has 0 bridgehead atoms. The molecule has 3 N–H and O–H groups in total. The molecule has 14 nitrogen and oxygen atoms in total. The molecule has 4 aromatic rings. The maximum atomic E-state index is 13.4. The van der Waals surface area contributed by atoms with E-state index < -0.39 is 6.04 Å². The second-order valence-corrected chi connectivity index (χ2v) is 14.4. The monoisotopic (exact) mass is 724 g/mol. The molecular weight excluding hydrogens is 676 g/mol. The van der Waals surface area contributed by atoms with Gasteiger partial charge in [-0.05, 0) is 86.1 Å². The van der Waals surface area contributed by atoms with Crippen LogP contribution in [0.1, 0.15) is 48.3 Å². The van der Waals surface area contributed by atoms with E-state index in [0.717, 1.165) is 66.8 Å². The molecule has 3 amide bonds. The zero-order chi connectivity index (χ0) is 37.2. The molecular formula is C39H48N8O6. The third-order valence-corrected chi connectivity index (χ3v) is 11.0. The third-order valence-electron chi connectivity index (χ3n) is 11.0. The number of hydrogen-bond acceptors (Lipinski definition) is 10. The van der Waals surface area contributed by atoms with Crippen molar-refractivity contribution < 1.29 is 23.9 Å². The smallest absolute Gasteiger partial charge is 0.276 e. The number of nitrogens with zero attached hydrogens (tertiary/aromatic N) is 5. The molecule has 0 spiro atoms. The molecule has 53 heavy (non-hydrogen) atoms. The van der Waals surface area contributed by atoms with Crippen molar-refractivity contribution in [1.29, 1.82) is 0 Å². The number of piperidine rings is 2. The van der Waals surface area contributed by atoms with Crippen molar-refractivity contribution in [1.82, 2.24) is 34.8 Å². The lowest BCUT2D eigenvalue weighted by atomic mass is 9.86. The van der Waals surface area contributed by atoms with E-state index in [9.17, 15) is 19.2 Å². The van der Waals surface area contributed by atoms with Crippen LogP contribution < -0.4 is 25.7 Å². The lowest BCUT2D eigenvalue weighted by molar-refractivity contribution is -0.135. The van der Waals surface area contributed by atoms with E-state index in [1.165, 1.54) is 11.1 Å². The van der Waals surface area contributed by atoms with Crippen LogP contribution in [0.5, 0.6) is 11.5 Å². The molecule has 1 unspecified atom stereocenters. The molecule has 0 aliphatic carbocycles. The topological polar surface area (TPSA) is 154 Å². The molecule has 3 aliphatic heterocycles. The van der Waals surface area contributed by atoms with Crippen molar-refractivity contribution in [3.8, 4) is 22.6 Å². The van der Waals surface area contributed by atoms with Gasteiger partial charge in [-0.1, -0.05) is 6.07 Å². The Hall–Kier alpha value is -5.21. The molecule has 3 saturated heterocycles. The van der Waals surface area contributed by atoms with E-state index >= 15 is 0 Å². The normalized spacial score (nSPS) is 19.0. The summed E-state index contributed by atoms with van der Waals surface area (Å²) in [6, 6.07) is 9.82. The molecule has 280 valence electrons. The number of imide groups is 1. The highest BCUT2D eigenvalue weighted by Crippen LogP contribution is 2.38. The summed E-state index contributed by atoms with van der Waals surface area (Å²) >= 11 is 0. The maximum absolute atomic E-state index is 13.4. The van der Waals surface area contributed by atoms with Gasteiger partial charge in [-0.2, -0.15) is 5.10 Å². The molecule has 5 heterocycles. The number of pyridine rings is 1. The Morgan fingerprint density at radius 2 is 1.66 bits per heavy atom. The Morgan fingerprint density at radius 3 is 2.32 bits per heavy atom. The lowest BCUT2D eigenvalue weighted by Gasteiger charge is -2.37. The highest BCUT2D eigenvalue weighted by molar-refractivity contribution is 6.01. The Kier molecular flexibility index (Phi) is 10.5. The van der Waals surface area contributed by atoms with Crippen LogP contribution in [0.15, 0.2) is 47.5 Å². The number of methoxy groups -OCH3 is 2. The molecule has 3 aliphatic rings. The average molecular weight is 725 g/mol. The maximum Gasteiger partial charge on any atom is 0.276 e. The largest absolute Gasteiger partial charge is 0.496 e. The number of aryl methyl sites for hydroxylation is 2. The van der Waals surface area contributed by atoms with Gasteiger partial charge in [0.15, 0.2) is 0 Å². The number of carbonyl (C=O) groups excluding carboxylic acids is 3. The van der Waals surface area contributed by atoms with Gasteiger partial charge in [-0.3, -0.25) is 39.4 Å². The first kappa shape index (κ1) is 36.2. The number of likely N-dealkylation sites (tertiary alicyclic amines) is 1. The van der Waals surface area contributed by atoms with Crippen LogP contribution in [-0.4, -0.2) is 113 Å². The molecule has 2 aromatic heterocycles. The number of piperazine rings is 1. The second-order valence-electron chi connectivity index (χ2n) is 14.4. The number of ether oxygens (including phenoxy) is 2. The molecule has 1 atom stereocenters. The Morgan fingerprint density at radius 1 is 0.943 bits per heavy atom. The molecule has 14 heteroatoms. The van der Waals surface area contributed by atoms with Gasteiger partial charge in [-0.25, -0.2) is 0 Å². The van der Waals surface area contributed by atoms with E-state index in [2.05, 4.69) is 49.7 Å². The Bertz CT molecular complexity index is 2050. The van der Waals surface area contributed by atoms with Crippen LogP contribution in [0, 0.1) is 6.92 Å². The predicted octanol–water partition coefficient (Wildman–Crippen LogP) is 3.00. The number of benzene rings is 2. The van der Waals surface area contributed by atoms with Crippen LogP contribution >= 0.6 is 0 Å². The van der Waals surface area contributed by atoms with Crippen LogP contribution in [0.25, 0.3) is 22.0 Å². The SMILES string of the molecule is COc1cc(-c2cn(C)c(=O)c3[nH]ncc23)cc(OC)c1CN1CCN(C(=O)CN2CCC(c3ccc(NC4CCC(=O)NC4=O)cc3C)CC2)CC1. The minimum atomic E-state index is -0.401. The number of hydrogen-bond donors (Lipinski definition) is 3. The summed E-state index contributed by atoms with van der Waals surface area (Å²) < 4.78 is 13.3. The van der Waals surface area contributed by atoms with E-state index in [1.54, 1.807) is 38.2 Å². The Labute approximate surface area is 308 Å². The summed E-state index contributed by atoms with van der Waals surface area (Å²) in [6.45, 7) is 7.69. The first-order chi connectivity index (χ1) is 25.6. The predicted molar refractivity (Wildman–Crippen MR) is 201 cm³/mol. The van der Waals surface area contributed by atoms with Gasteiger partial charge in [0.25, 0.3) is 5.56 Å². The fraction of sp³-hybridized carbons (Fsp3) is 0.462. The minimum Gasteiger partial charge on any atom is -0.496 e. The standard InChI is InChI=1S/C39H48N8O6/c1-24-17-27(41-32-7-8-35(48)42-38(32)50)5-6-28(24)25-9-11-45(12-10-25)23-36(49)47-15-13-46(14-16-47)22-31-33(52-3)18-26(19-34(31)53-4)30-21-44(2)39(51)37-29(30)20-40-43-37/h5-6,17-21,25,32,41H,7-16,22-23H2,1-4H3,(H,40,43)(H,42,48,50). The van der Waals surface area contributed by atoms with E-state index in [-0.39, 0.29) is 23.3 Å². The molecule has 2 aromatic carbocycles. The number of rotatable bonds is 10. The van der Waals surface area contributed by atoms with Crippen LogP contribution in [0.4, 0.5) is 5.69 Å². The van der Waals surface area contributed by atoms with Crippen molar-refractivity contribution in [2.45, 2.75) is 51.1 Å². The first-order valence-corrected chi connectivity index (χ1v) is 18.3. The van der Waals surface area contributed by atoms with Crippen LogP contribution in [-0.2, 0) is 28.0 Å². The van der Waals surface area contributed by atoms with Crippen molar-refractivity contribution in [3.63, 3.8) is 0 Å². The van der Waals surface area contributed by atoms with Gasteiger partial charge in [0, 0.05) is 69.0 Å². The van der Waals surface area contributed by atoms with Crippen LogP contribution in [0.2, 0.25) is 0 Å². The van der Waals surface area contributed by atoms with E-state index in [4.69, 9.17) is 9.47 Å². The van der Waals surface area contributed by atoms with Gasteiger partial charge in [0.1, 0.15) is 23.1 Å². The summed E-state index contributed by atoms with van der Waals surface area (Å²) in [6.07, 6.45) is 6.28. The summed E-state index contributed by atoms with van der Waals surface area (Å²) in [5.41, 5.74) is 6.32. The van der Waals surface area contributed by atoms with Crippen molar-refractivity contribution >= 4 is 34.3 Å². The summed E-state index contributed by atoms with van der Waals surface area (Å²) in [4.78, 5) is 56.2. The third kappa shape index (κ3) is 7.65. The van der Waals surface area contributed by atoms with Gasteiger partial charge in [0.2, 0.25) is 17.7 Å². The first-order valence-electron chi connectivity index (χ1n) is 18.3. The number of fused-ring (bicyclic) bond motifs is 1. The number of carbonyl (C=O) groups is 3. The highest BCUT2D eigenvalue weighted by Gasteiger charge is 2.29. The number of aromatic amines is 1. The zero-order valence-electron chi connectivity index (χ0n) is 30.9. The van der Waals surface area contributed by atoms with Crippen molar-refractivity contribution in [3.05, 3.63) is 69.8 Å². The van der Waals surface area contributed by atoms with Crippen molar-refractivity contribution in [2.75, 3.05) is 65.3 Å². The second kappa shape index (κ2) is 15.4. The molecule has 0 radical (unpaired) electrons. The minimum absolute atomic E-state index is 0.142. The fourth-order valence-corrected chi connectivity index (χ4v) is 8.01. The van der Waals surface area contributed by atoms with Gasteiger partial charge >= 0.3 is 0 Å². The molecule has 3 fully saturated rings. The number of nitrogens with one attached hydrogen (secondary N) is 3.